The molecule has 1 amide bonds. The van der Waals surface area contributed by atoms with E-state index in [1.807, 2.05) is 5.38 Å². The van der Waals surface area contributed by atoms with Crippen molar-refractivity contribution in [3.05, 3.63) is 33.0 Å². The molecule has 0 aromatic carbocycles. The van der Waals surface area contributed by atoms with Crippen LogP contribution in [0.2, 0.25) is 0 Å². The highest BCUT2D eigenvalue weighted by Crippen LogP contribution is 2.33. The maximum Gasteiger partial charge on any atom is 0.267 e. The Kier molecular flexibility index (Phi) is 3.66. The van der Waals surface area contributed by atoms with Gasteiger partial charge in [-0.15, -0.1) is 22.7 Å². The Hall–Kier alpha value is -1.20. The molecule has 0 aliphatic heterocycles. The number of hydrogen-bond donors (Lipinski definition) is 1. The van der Waals surface area contributed by atoms with Crippen molar-refractivity contribution >= 4 is 33.7 Å². The molecule has 0 radical (unpaired) electrons. The Labute approximate surface area is 120 Å². The number of nitrogens with zero attached hydrogens (tertiary/aromatic N) is 1. The lowest BCUT2D eigenvalue weighted by molar-refractivity contribution is 0.103. The fourth-order valence-corrected chi connectivity index (χ4v) is 4.13. The molecule has 0 spiro atoms. The van der Waals surface area contributed by atoms with Gasteiger partial charge in [-0.1, -0.05) is 13.3 Å². The molecule has 2 aromatic heterocycles. The zero-order valence-corrected chi connectivity index (χ0v) is 12.4. The number of amides is 1. The number of aromatic nitrogens is 1. The van der Waals surface area contributed by atoms with Crippen LogP contribution in [0.15, 0.2) is 17.6 Å². The highest BCUT2D eigenvalue weighted by atomic mass is 32.1. The van der Waals surface area contributed by atoms with E-state index in [9.17, 15) is 4.79 Å². The first kappa shape index (κ1) is 12.8. The third-order valence-corrected chi connectivity index (χ3v) is 5.56. The maximum atomic E-state index is 12.1. The molecule has 1 aliphatic carbocycles. The van der Waals surface area contributed by atoms with E-state index >= 15 is 0 Å². The van der Waals surface area contributed by atoms with Gasteiger partial charge in [0, 0.05) is 16.5 Å². The van der Waals surface area contributed by atoms with Crippen LogP contribution in [-0.4, -0.2) is 10.9 Å². The molecule has 0 saturated heterocycles. The Morgan fingerprint density at radius 2 is 2.47 bits per heavy atom. The van der Waals surface area contributed by atoms with Crippen molar-refractivity contribution in [1.29, 1.82) is 0 Å². The smallest absolute Gasteiger partial charge is 0.267 e. The monoisotopic (exact) mass is 292 g/mol. The van der Waals surface area contributed by atoms with Gasteiger partial charge in [-0.3, -0.25) is 10.1 Å². The van der Waals surface area contributed by atoms with Crippen LogP contribution < -0.4 is 5.32 Å². The largest absolute Gasteiger partial charge is 0.297 e. The normalized spacial score (nSPS) is 18.1. The molecule has 19 heavy (non-hydrogen) atoms. The van der Waals surface area contributed by atoms with Gasteiger partial charge in [0.1, 0.15) is 0 Å². The minimum Gasteiger partial charge on any atom is -0.297 e. The average molecular weight is 292 g/mol. The highest BCUT2D eigenvalue weighted by molar-refractivity contribution is 7.15. The van der Waals surface area contributed by atoms with Crippen LogP contribution in [0.25, 0.3) is 0 Å². The van der Waals surface area contributed by atoms with Crippen LogP contribution in [0.1, 0.15) is 39.9 Å². The van der Waals surface area contributed by atoms with Gasteiger partial charge in [-0.2, -0.15) is 0 Å². The summed E-state index contributed by atoms with van der Waals surface area (Å²) in [6.45, 7) is 2.25. The predicted molar refractivity (Wildman–Crippen MR) is 80.2 cm³/mol. The van der Waals surface area contributed by atoms with Crippen molar-refractivity contribution in [2.75, 3.05) is 5.32 Å². The van der Waals surface area contributed by atoms with E-state index < -0.39 is 0 Å². The van der Waals surface area contributed by atoms with Crippen molar-refractivity contribution in [1.82, 2.24) is 4.98 Å². The summed E-state index contributed by atoms with van der Waals surface area (Å²) in [6.07, 6.45) is 6.45. The Balaban J connectivity index is 1.76. The van der Waals surface area contributed by atoms with Gasteiger partial charge >= 0.3 is 0 Å². The quantitative estimate of drug-likeness (QED) is 0.930. The fourth-order valence-electron chi connectivity index (χ4n) is 2.50. The van der Waals surface area contributed by atoms with Gasteiger partial charge in [0.25, 0.3) is 5.91 Å². The van der Waals surface area contributed by atoms with Gasteiger partial charge in [-0.05, 0) is 36.8 Å². The first-order valence-electron chi connectivity index (χ1n) is 6.58. The Morgan fingerprint density at radius 3 is 3.21 bits per heavy atom. The number of carbonyl (C=O) groups is 1. The zero-order chi connectivity index (χ0) is 13.2. The topological polar surface area (TPSA) is 42.0 Å². The molecule has 0 fully saturated rings. The molecule has 0 unspecified atom stereocenters. The SMILES string of the molecule is CC[C@H]1CCc2sc(C(=O)Nc3nccs3)cc2C1. The lowest BCUT2D eigenvalue weighted by Crippen LogP contribution is -2.11. The minimum atomic E-state index is -0.0256. The molecule has 0 bridgehead atoms. The predicted octanol–water partition coefficient (Wildman–Crippen LogP) is 3.97. The van der Waals surface area contributed by atoms with Crippen LogP contribution in [0, 0.1) is 5.92 Å². The summed E-state index contributed by atoms with van der Waals surface area (Å²) in [5.41, 5.74) is 1.38. The number of aryl methyl sites for hydroxylation is 1. The standard InChI is InChI=1S/C14H16N2OS2/c1-2-9-3-4-11-10(7-9)8-12(19-11)13(17)16-14-15-5-6-18-14/h5-6,8-9H,2-4,7H2,1H3,(H,15,16,17)/t9-/m0/s1. The summed E-state index contributed by atoms with van der Waals surface area (Å²) < 4.78 is 0. The molecular formula is C14H16N2OS2. The van der Waals surface area contributed by atoms with Gasteiger partial charge in [0.2, 0.25) is 0 Å². The number of fused-ring (bicyclic) bond motifs is 1. The second kappa shape index (κ2) is 5.43. The molecule has 3 rings (SSSR count). The molecule has 5 heteroatoms. The summed E-state index contributed by atoms with van der Waals surface area (Å²) in [4.78, 5) is 18.4. The number of thiazole rings is 1. The summed E-state index contributed by atoms with van der Waals surface area (Å²) in [5, 5.41) is 5.38. The van der Waals surface area contributed by atoms with E-state index in [4.69, 9.17) is 0 Å². The molecule has 2 heterocycles. The molecule has 1 N–H and O–H groups in total. The number of anilines is 1. The molecular weight excluding hydrogens is 276 g/mol. The van der Waals surface area contributed by atoms with Crippen LogP contribution in [0.3, 0.4) is 0 Å². The number of thiophene rings is 1. The van der Waals surface area contributed by atoms with Crippen molar-refractivity contribution in [3.63, 3.8) is 0 Å². The van der Waals surface area contributed by atoms with E-state index in [1.165, 1.54) is 34.6 Å². The Bertz CT molecular complexity index is 574. The number of carbonyl (C=O) groups excluding carboxylic acids is 1. The number of hydrogen-bond acceptors (Lipinski definition) is 4. The first-order chi connectivity index (χ1) is 9.26. The minimum absolute atomic E-state index is 0.0256. The van der Waals surface area contributed by atoms with Crippen molar-refractivity contribution in [3.8, 4) is 0 Å². The van der Waals surface area contributed by atoms with Crippen molar-refractivity contribution in [2.24, 2.45) is 5.92 Å². The van der Waals surface area contributed by atoms with E-state index in [2.05, 4.69) is 23.3 Å². The fraction of sp³-hybridized carbons (Fsp3) is 0.429. The summed E-state index contributed by atoms with van der Waals surface area (Å²) in [7, 11) is 0. The van der Waals surface area contributed by atoms with E-state index in [1.54, 1.807) is 17.5 Å². The second-order valence-corrected chi connectivity index (χ2v) is 6.90. The van der Waals surface area contributed by atoms with Gasteiger partial charge in [0.15, 0.2) is 5.13 Å². The van der Waals surface area contributed by atoms with Crippen LogP contribution in [0.4, 0.5) is 5.13 Å². The third-order valence-electron chi connectivity index (χ3n) is 3.64. The highest BCUT2D eigenvalue weighted by Gasteiger charge is 2.22. The third kappa shape index (κ3) is 2.72. The van der Waals surface area contributed by atoms with Gasteiger partial charge < -0.3 is 0 Å². The van der Waals surface area contributed by atoms with Gasteiger partial charge in [0.05, 0.1) is 4.88 Å². The summed E-state index contributed by atoms with van der Waals surface area (Å²) >= 11 is 3.09. The lowest BCUT2D eigenvalue weighted by atomic mass is 9.87. The van der Waals surface area contributed by atoms with E-state index in [0.29, 0.717) is 5.13 Å². The molecule has 1 aliphatic rings. The molecule has 2 aromatic rings. The number of rotatable bonds is 3. The molecule has 100 valence electrons. The second-order valence-electron chi connectivity index (χ2n) is 4.87. The van der Waals surface area contributed by atoms with E-state index in [-0.39, 0.29) is 5.91 Å². The van der Waals surface area contributed by atoms with Crippen LogP contribution in [-0.2, 0) is 12.8 Å². The van der Waals surface area contributed by atoms with Gasteiger partial charge in [-0.25, -0.2) is 4.98 Å². The maximum absolute atomic E-state index is 12.1. The first-order valence-corrected chi connectivity index (χ1v) is 8.28. The van der Waals surface area contributed by atoms with Crippen LogP contribution in [0.5, 0.6) is 0 Å². The van der Waals surface area contributed by atoms with Crippen LogP contribution >= 0.6 is 22.7 Å². The van der Waals surface area contributed by atoms with Crippen molar-refractivity contribution in [2.45, 2.75) is 32.6 Å². The van der Waals surface area contributed by atoms with Crippen molar-refractivity contribution < 1.29 is 4.79 Å². The molecule has 0 saturated carbocycles. The molecule has 3 nitrogen and oxygen atoms in total. The van der Waals surface area contributed by atoms with E-state index in [0.717, 1.165) is 23.6 Å². The lowest BCUT2D eigenvalue weighted by Gasteiger charge is -2.19. The zero-order valence-electron chi connectivity index (χ0n) is 10.8. The molecule has 1 atom stereocenters. The summed E-state index contributed by atoms with van der Waals surface area (Å²) in [6, 6.07) is 2.07. The Morgan fingerprint density at radius 1 is 1.58 bits per heavy atom. The number of nitrogens with one attached hydrogen (secondary N) is 1. The average Bonchev–Trinajstić information content (AvgIpc) is 3.05. The summed E-state index contributed by atoms with van der Waals surface area (Å²) in [5.74, 6) is 0.763.